The largest absolute Gasteiger partial charge is 0.381 e. The van der Waals surface area contributed by atoms with Gasteiger partial charge in [-0.15, -0.1) is 0 Å². The molecule has 2 rings (SSSR count). The van der Waals surface area contributed by atoms with Crippen molar-refractivity contribution < 1.29 is 13.9 Å². The van der Waals surface area contributed by atoms with Gasteiger partial charge in [0.15, 0.2) is 0 Å². The Morgan fingerprint density at radius 1 is 1.13 bits per heavy atom. The highest BCUT2D eigenvalue weighted by atomic mass is 19.3. The van der Waals surface area contributed by atoms with E-state index in [1.54, 1.807) is 0 Å². The molecule has 1 N–H and O–H groups in total. The maximum absolute atomic E-state index is 12.8. The average molecular weight is 212 g/mol. The molecule has 0 saturated heterocycles. The first-order chi connectivity index (χ1) is 7.02. The molecule has 0 spiro atoms. The summed E-state index contributed by atoms with van der Waals surface area (Å²) in [7, 11) is 0. The van der Waals surface area contributed by atoms with Crippen molar-refractivity contribution in [3.8, 4) is 0 Å². The number of alkyl halides is 2. The van der Waals surface area contributed by atoms with Gasteiger partial charge in [-0.3, -0.25) is 0 Å². The highest BCUT2D eigenvalue weighted by molar-refractivity contribution is 5.25. The molecule has 1 heterocycles. The molecule has 1 aromatic heterocycles. The van der Waals surface area contributed by atoms with Crippen molar-refractivity contribution in [2.24, 2.45) is 0 Å². The standard InChI is InChI=1S/C10H10F2N2O/c11-10(12)3-1-9(15,2-4-10)8-5-13-7-14-6-8/h1,3,5-7,15H,2,4H2. The van der Waals surface area contributed by atoms with Crippen LogP contribution in [0.3, 0.4) is 0 Å². The summed E-state index contributed by atoms with van der Waals surface area (Å²) < 4.78 is 25.7. The predicted molar refractivity (Wildman–Crippen MR) is 49.2 cm³/mol. The van der Waals surface area contributed by atoms with E-state index in [2.05, 4.69) is 9.97 Å². The van der Waals surface area contributed by atoms with Gasteiger partial charge in [0.1, 0.15) is 11.9 Å². The van der Waals surface area contributed by atoms with Gasteiger partial charge in [0, 0.05) is 24.4 Å². The van der Waals surface area contributed by atoms with Gasteiger partial charge in [0.2, 0.25) is 0 Å². The highest BCUT2D eigenvalue weighted by Gasteiger charge is 2.38. The molecule has 1 aromatic rings. The fraction of sp³-hybridized carbons (Fsp3) is 0.400. The topological polar surface area (TPSA) is 46.0 Å². The lowest BCUT2D eigenvalue weighted by molar-refractivity contribution is -0.0139. The molecule has 1 aliphatic rings. The molecule has 1 unspecified atom stereocenters. The zero-order valence-corrected chi connectivity index (χ0v) is 7.90. The Kier molecular flexibility index (Phi) is 2.26. The second-order valence-corrected chi connectivity index (χ2v) is 3.65. The van der Waals surface area contributed by atoms with Crippen molar-refractivity contribution in [1.29, 1.82) is 0 Å². The van der Waals surface area contributed by atoms with Crippen LogP contribution < -0.4 is 0 Å². The first-order valence-corrected chi connectivity index (χ1v) is 4.58. The summed E-state index contributed by atoms with van der Waals surface area (Å²) in [5.41, 5.74) is -0.917. The van der Waals surface area contributed by atoms with Crippen LogP contribution in [0.25, 0.3) is 0 Å². The number of hydrogen-bond donors (Lipinski definition) is 1. The normalized spacial score (nSPS) is 29.0. The van der Waals surface area contributed by atoms with Gasteiger partial charge < -0.3 is 5.11 Å². The monoisotopic (exact) mass is 212 g/mol. The van der Waals surface area contributed by atoms with E-state index < -0.39 is 11.5 Å². The van der Waals surface area contributed by atoms with Gasteiger partial charge in [-0.2, -0.15) is 0 Å². The van der Waals surface area contributed by atoms with Crippen molar-refractivity contribution in [2.45, 2.75) is 24.4 Å². The van der Waals surface area contributed by atoms with E-state index in [4.69, 9.17) is 0 Å². The summed E-state index contributed by atoms with van der Waals surface area (Å²) in [6.45, 7) is 0. The SMILES string of the molecule is OC1(c2cncnc2)C=CC(F)(F)CC1. The number of allylic oxidation sites excluding steroid dienone is 1. The van der Waals surface area contributed by atoms with Crippen LogP contribution >= 0.6 is 0 Å². The summed E-state index contributed by atoms with van der Waals surface area (Å²) in [6.07, 6.45) is 5.66. The Balaban J connectivity index is 2.31. The second kappa shape index (κ2) is 3.34. The van der Waals surface area contributed by atoms with Crippen molar-refractivity contribution in [3.63, 3.8) is 0 Å². The van der Waals surface area contributed by atoms with Gasteiger partial charge in [-0.05, 0) is 18.6 Å². The van der Waals surface area contributed by atoms with Crippen molar-refractivity contribution in [1.82, 2.24) is 9.97 Å². The fourth-order valence-electron chi connectivity index (χ4n) is 1.55. The molecule has 5 heteroatoms. The number of halogens is 2. The van der Waals surface area contributed by atoms with Crippen LogP contribution in [0.4, 0.5) is 8.78 Å². The summed E-state index contributed by atoms with van der Waals surface area (Å²) >= 11 is 0. The third-order valence-electron chi connectivity index (χ3n) is 2.50. The van der Waals surface area contributed by atoms with E-state index in [1.807, 2.05) is 0 Å². The molecule has 0 aromatic carbocycles. The molecule has 0 fully saturated rings. The minimum atomic E-state index is -2.82. The van der Waals surface area contributed by atoms with E-state index in [1.165, 1.54) is 18.7 Å². The highest BCUT2D eigenvalue weighted by Crippen LogP contribution is 2.37. The summed E-state index contributed by atoms with van der Waals surface area (Å²) in [6, 6.07) is 0. The molecule has 80 valence electrons. The van der Waals surface area contributed by atoms with Gasteiger partial charge in [-0.25, -0.2) is 18.7 Å². The number of aliphatic hydroxyl groups is 1. The van der Waals surface area contributed by atoms with Crippen molar-refractivity contribution in [3.05, 3.63) is 36.4 Å². The van der Waals surface area contributed by atoms with E-state index in [0.717, 1.165) is 12.2 Å². The van der Waals surface area contributed by atoms with E-state index in [0.29, 0.717) is 5.56 Å². The van der Waals surface area contributed by atoms with E-state index in [9.17, 15) is 13.9 Å². The van der Waals surface area contributed by atoms with E-state index in [-0.39, 0.29) is 12.8 Å². The fourth-order valence-corrected chi connectivity index (χ4v) is 1.55. The second-order valence-electron chi connectivity index (χ2n) is 3.65. The van der Waals surface area contributed by atoms with Crippen molar-refractivity contribution in [2.75, 3.05) is 0 Å². The Labute approximate surface area is 85.5 Å². The molecule has 15 heavy (non-hydrogen) atoms. The minimum absolute atomic E-state index is 0.0239. The van der Waals surface area contributed by atoms with Crippen molar-refractivity contribution >= 4 is 0 Å². The van der Waals surface area contributed by atoms with Gasteiger partial charge >= 0.3 is 0 Å². The molecule has 0 amide bonds. The van der Waals surface area contributed by atoms with Crippen LogP contribution in [-0.4, -0.2) is 21.0 Å². The Hall–Kier alpha value is -1.36. The number of nitrogens with zero attached hydrogens (tertiary/aromatic N) is 2. The lowest BCUT2D eigenvalue weighted by atomic mass is 9.85. The molecule has 3 nitrogen and oxygen atoms in total. The first-order valence-electron chi connectivity index (χ1n) is 4.58. The van der Waals surface area contributed by atoms with Crippen LogP contribution in [0, 0.1) is 0 Å². The predicted octanol–water partition coefficient (Wildman–Crippen LogP) is 1.65. The van der Waals surface area contributed by atoms with Crippen LogP contribution in [0.5, 0.6) is 0 Å². The maximum Gasteiger partial charge on any atom is 0.266 e. The summed E-state index contributed by atoms with van der Waals surface area (Å²) in [5.74, 6) is -2.82. The quantitative estimate of drug-likeness (QED) is 0.720. The smallest absolute Gasteiger partial charge is 0.266 e. The number of hydrogen-bond acceptors (Lipinski definition) is 3. The van der Waals surface area contributed by atoms with E-state index >= 15 is 0 Å². The zero-order valence-electron chi connectivity index (χ0n) is 7.90. The Bertz CT molecular complexity index is 380. The number of aromatic nitrogens is 2. The Morgan fingerprint density at radius 3 is 2.33 bits per heavy atom. The summed E-state index contributed by atoms with van der Waals surface area (Å²) in [4.78, 5) is 7.50. The third-order valence-corrected chi connectivity index (χ3v) is 2.50. The van der Waals surface area contributed by atoms with Crippen LogP contribution in [0.1, 0.15) is 18.4 Å². The lowest BCUT2D eigenvalue weighted by Gasteiger charge is -2.30. The van der Waals surface area contributed by atoms with Crippen LogP contribution in [0.2, 0.25) is 0 Å². The molecule has 0 aliphatic heterocycles. The molecule has 0 saturated carbocycles. The zero-order chi connectivity index (χ0) is 10.9. The molecule has 0 bridgehead atoms. The molecular weight excluding hydrogens is 202 g/mol. The van der Waals surface area contributed by atoms with Crippen LogP contribution in [-0.2, 0) is 5.60 Å². The molecule has 0 radical (unpaired) electrons. The minimum Gasteiger partial charge on any atom is -0.381 e. The molecule has 1 atom stereocenters. The van der Waals surface area contributed by atoms with Crippen LogP contribution in [0.15, 0.2) is 30.9 Å². The van der Waals surface area contributed by atoms with Gasteiger partial charge in [0.05, 0.1) is 0 Å². The lowest BCUT2D eigenvalue weighted by Crippen LogP contribution is -2.31. The first kappa shape index (κ1) is 10.2. The third kappa shape index (κ3) is 2.02. The molecular formula is C10H10F2N2O. The Morgan fingerprint density at radius 2 is 1.80 bits per heavy atom. The van der Waals surface area contributed by atoms with Gasteiger partial charge in [-0.1, -0.05) is 0 Å². The maximum atomic E-state index is 12.8. The number of rotatable bonds is 1. The summed E-state index contributed by atoms with van der Waals surface area (Å²) in [5, 5.41) is 10.1. The average Bonchev–Trinajstić information content (AvgIpc) is 2.24. The van der Waals surface area contributed by atoms with Gasteiger partial charge in [0.25, 0.3) is 5.92 Å². The molecule has 1 aliphatic carbocycles.